The quantitative estimate of drug-likeness (QED) is 0.650. The number of rotatable bonds is 4. The fourth-order valence-electron chi connectivity index (χ4n) is 1.24. The average molecular weight is 200 g/mol. The van der Waals surface area contributed by atoms with Crippen molar-refractivity contribution in [1.82, 2.24) is 5.32 Å². The van der Waals surface area contributed by atoms with Crippen molar-refractivity contribution in [3.8, 4) is 0 Å². The second-order valence-electron chi connectivity index (χ2n) is 2.95. The van der Waals surface area contributed by atoms with Gasteiger partial charge in [-0.3, -0.25) is 4.79 Å². The van der Waals surface area contributed by atoms with E-state index in [1.807, 2.05) is 12.2 Å². The number of hydrogen-bond donors (Lipinski definition) is 2. The molecule has 13 heavy (non-hydrogen) atoms. The van der Waals surface area contributed by atoms with Crippen molar-refractivity contribution < 1.29 is 4.79 Å². The highest BCUT2D eigenvalue weighted by molar-refractivity contribution is 8.00. The van der Waals surface area contributed by atoms with Crippen molar-refractivity contribution in [3.63, 3.8) is 0 Å². The first-order valence-corrected chi connectivity index (χ1v) is 5.64. The van der Waals surface area contributed by atoms with Gasteiger partial charge in [0.25, 0.3) is 0 Å². The fraction of sp³-hybridized carbons (Fsp3) is 0.667. The summed E-state index contributed by atoms with van der Waals surface area (Å²) in [4.78, 5) is 11.4. The van der Waals surface area contributed by atoms with Crippen molar-refractivity contribution in [2.45, 2.75) is 18.1 Å². The van der Waals surface area contributed by atoms with Gasteiger partial charge in [-0.05, 0) is 18.6 Å². The van der Waals surface area contributed by atoms with E-state index in [0.29, 0.717) is 13.1 Å². The van der Waals surface area contributed by atoms with Gasteiger partial charge < -0.3 is 11.1 Å². The van der Waals surface area contributed by atoms with Crippen LogP contribution in [0.1, 0.15) is 12.8 Å². The van der Waals surface area contributed by atoms with Crippen molar-refractivity contribution in [2.75, 3.05) is 18.8 Å². The zero-order valence-corrected chi connectivity index (χ0v) is 8.48. The Bertz CT molecular complexity index is 188. The van der Waals surface area contributed by atoms with Gasteiger partial charge in [-0.25, -0.2) is 0 Å². The van der Waals surface area contributed by atoms with Crippen LogP contribution in [0, 0.1) is 0 Å². The molecule has 0 aromatic heterocycles. The van der Waals surface area contributed by atoms with Crippen LogP contribution in [0.25, 0.3) is 0 Å². The minimum absolute atomic E-state index is 0.171. The van der Waals surface area contributed by atoms with Crippen LogP contribution in [0.15, 0.2) is 12.2 Å². The van der Waals surface area contributed by atoms with Crippen LogP contribution >= 0.6 is 11.8 Å². The second kappa shape index (κ2) is 6.05. The molecule has 1 rings (SSSR count). The number of hydrogen-bond acceptors (Lipinski definition) is 3. The lowest BCUT2D eigenvalue weighted by atomic mass is 10.2. The van der Waals surface area contributed by atoms with Gasteiger partial charge in [-0.1, -0.05) is 12.2 Å². The van der Waals surface area contributed by atoms with Gasteiger partial charge in [0.15, 0.2) is 0 Å². The molecule has 1 atom stereocenters. The molecule has 1 amide bonds. The van der Waals surface area contributed by atoms with Crippen LogP contribution in [0.3, 0.4) is 0 Å². The van der Waals surface area contributed by atoms with Crippen molar-refractivity contribution >= 4 is 17.7 Å². The standard InChI is InChI=1S/C9H16N2OS/c10-5-1-2-6-11-9(12)8-4-3-7-13-8/h1-2,8H,3-7,10H2,(H,11,12)/b2-1+. The lowest BCUT2D eigenvalue weighted by Crippen LogP contribution is -2.31. The summed E-state index contributed by atoms with van der Waals surface area (Å²) >= 11 is 1.75. The number of nitrogens with two attached hydrogens (primary N) is 1. The lowest BCUT2D eigenvalue weighted by Gasteiger charge is -2.07. The Kier molecular flexibility index (Phi) is 4.93. The van der Waals surface area contributed by atoms with E-state index in [4.69, 9.17) is 5.73 Å². The molecule has 0 saturated carbocycles. The van der Waals surface area contributed by atoms with Crippen LogP contribution < -0.4 is 11.1 Å². The van der Waals surface area contributed by atoms with Gasteiger partial charge in [-0.2, -0.15) is 0 Å². The minimum atomic E-state index is 0.171. The van der Waals surface area contributed by atoms with Crippen molar-refractivity contribution in [2.24, 2.45) is 5.73 Å². The summed E-state index contributed by atoms with van der Waals surface area (Å²) in [5.41, 5.74) is 5.26. The number of nitrogens with one attached hydrogen (secondary N) is 1. The van der Waals surface area contributed by atoms with E-state index in [9.17, 15) is 4.79 Å². The smallest absolute Gasteiger partial charge is 0.233 e. The molecule has 3 N–H and O–H groups in total. The van der Waals surface area contributed by atoms with Gasteiger partial charge in [-0.15, -0.1) is 11.8 Å². The van der Waals surface area contributed by atoms with Crippen LogP contribution in [0.4, 0.5) is 0 Å². The molecular formula is C9H16N2OS. The van der Waals surface area contributed by atoms with Crippen LogP contribution in [-0.4, -0.2) is 30.0 Å². The maximum Gasteiger partial charge on any atom is 0.233 e. The summed E-state index contributed by atoms with van der Waals surface area (Å²) in [6, 6.07) is 0. The normalized spacial score (nSPS) is 22.4. The first kappa shape index (κ1) is 10.6. The van der Waals surface area contributed by atoms with Crippen LogP contribution in [-0.2, 0) is 4.79 Å². The third kappa shape index (κ3) is 3.83. The first-order valence-electron chi connectivity index (χ1n) is 4.59. The molecule has 3 nitrogen and oxygen atoms in total. The summed E-state index contributed by atoms with van der Waals surface area (Å²) in [7, 11) is 0. The van der Waals surface area contributed by atoms with Gasteiger partial charge >= 0.3 is 0 Å². The minimum Gasteiger partial charge on any atom is -0.352 e. The monoisotopic (exact) mass is 200 g/mol. The molecule has 1 heterocycles. The SMILES string of the molecule is NC/C=C/CNC(=O)C1CCCS1. The Balaban J connectivity index is 2.13. The number of carbonyl (C=O) groups excluding carboxylic acids is 1. The van der Waals surface area contributed by atoms with Gasteiger partial charge in [0.2, 0.25) is 5.91 Å². The highest BCUT2D eigenvalue weighted by atomic mass is 32.2. The molecule has 0 aromatic carbocycles. The zero-order valence-electron chi connectivity index (χ0n) is 7.66. The molecule has 0 aliphatic carbocycles. The third-order valence-corrected chi connectivity index (χ3v) is 3.30. The Morgan fingerprint density at radius 2 is 2.46 bits per heavy atom. The van der Waals surface area contributed by atoms with E-state index in [-0.39, 0.29) is 11.2 Å². The van der Waals surface area contributed by atoms with E-state index in [1.54, 1.807) is 11.8 Å². The molecule has 4 heteroatoms. The lowest BCUT2D eigenvalue weighted by molar-refractivity contribution is -0.120. The molecule has 0 radical (unpaired) electrons. The number of carbonyl (C=O) groups is 1. The van der Waals surface area contributed by atoms with E-state index in [2.05, 4.69) is 5.32 Å². The van der Waals surface area contributed by atoms with Gasteiger partial charge in [0.05, 0.1) is 5.25 Å². The third-order valence-electron chi connectivity index (χ3n) is 1.92. The molecule has 1 aliphatic heterocycles. The predicted octanol–water partition coefficient (Wildman–Crippen LogP) is 0.513. The summed E-state index contributed by atoms with van der Waals surface area (Å²) in [6.07, 6.45) is 5.93. The Morgan fingerprint density at radius 3 is 3.08 bits per heavy atom. The van der Waals surface area contributed by atoms with Crippen LogP contribution in [0.5, 0.6) is 0 Å². The molecule has 1 saturated heterocycles. The summed E-state index contributed by atoms with van der Waals surface area (Å²) < 4.78 is 0. The first-order chi connectivity index (χ1) is 6.34. The summed E-state index contributed by atoms with van der Waals surface area (Å²) in [6.45, 7) is 1.14. The summed E-state index contributed by atoms with van der Waals surface area (Å²) in [5, 5.41) is 3.04. The topological polar surface area (TPSA) is 55.1 Å². The number of amides is 1. The van der Waals surface area contributed by atoms with E-state index < -0.39 is 0 Å². The maximum absolute atomic E-state index is 11.4. The zero-order chi connectivity index (χ0) is 9.52. The molecule has 0 spiro atoms. The van der Waals surface area contributed by atoms with Gasteiger partial charge in [0.1, 0.15) is 0 Å². The van der Waals surface area contributed by atoms with E-state index in [1.165, 1.54) is 6.42 Å². The van der Waals surface area contributed by atoms with E-state index in [0.717, 1.165) is 12.2 Å². The fourth-order valence-corrected chi connectivity index (χ4v) is 2.42. The molecule has 1 unspecified atom stereocenters. The highest BCUT2D eigenvalue weighted by Crippen LogP contribution is 2.25. The molecule has 1 aliphatic rings. The Labute approximate surface area is 83.1 Å². The Hall–Kier alpha value is -0.480. The van der Waals surface area contributed by atoms with Crippen LogP contribution in [0.2, 0.25) is 0 Å². The summed E-state index contributed by atoms with van der Waals surface area (Å²) in [5.74, 6) is 1.29. The van der Waals surface area contributed by atoms with Crippen molar-refractivity contribution in [1.29, 1.82) is 0 Å². The highest BCUT2D eigenvalue weighted by Gasteiger charge is 2.22. The Morgan fingerprint density at radius 1 is 1.62 bits per heavy atom. The van der Waals surface area contributed by atoms with Gasteiger partial charge in [0, 0.05) is 13.1 Å². The molecule has 0 aromatic rings. The van der Waals surface area contributed by atoms with Crippen molar-refractivity contribution in [3.05, 3.63) is 12.2 Å². The molecule has 0 bridgehead atoms. The molecule has 74 valence electrons. The average Bonchev–Trinajstić information content (AvgIpc) is 2.65. The predicted molar refractivity (Wildman–Crippen MR) is 56.7 cm³/mol. The second-order valence-corrected chi connectivity index (χ2v) is 4.26. The maximum atomic E-state index is 11.4. The van der Waals surface area contributed by atoms with E-state index >= 15 is 0 Å². The molecule has 1 fully saturated rings. The largest absolute Gasteiger partial charge is 0.352 e. The number of thioether (sulfide) groups is 1. The molecular weight excluding hydrogens is 184 g/mol.